The second kappa shape index (κ2) is 9.12. The second-order valence-electron chi connectivity index (χ2n) is 5.25. The Bertz CT molecular complexity index is 297. The molecule has 1 atom stereocenters. The normalized spacial score (nSPS) is 12.9. The van der Waals surface area contributed by atoms with Crippen molar-refractivity contribution in [3.05, 3.63) is 35.9 Å². The van der Waals surface area contributed by atoms with Crippen LogP contribution in [0.5, 0.6) is 0 Å². The number of hydrogen-bond acceptors (Lipinski definition) is 2. The third-order valence-corrected chi connectivity index (χ3v) is 3.17. The van der Waals surface area contributed by atoms with Crippen molar-refractivity contribution in [1.82, 2.24) is 5.32 Å². The maximum atomic E-state index is 5.71. The number of likely N-dealkylation sites (N-methyl/N-ethyl adjacent to an activating group) is 1. The summed E-state index contributed by atoms with van der Waals surface area (Å²) in [7, 11) is 2.01. The second-order valence-corrected chi connectivity index (χ2v) is 5.25. The van der Waals surface area contributed by atoms with Crippen LogP contribution in [0.2, 0.25) is 0 Å². The van der Waals surface area contributed by atoms with Crippen molar-refractivity contribution in [1.29, 1.82) is 0 Å². The van der Waals surface area contributed by atoms with E-state index < -0.39 is 0 Å². The van der Waals surface area contributed by atoms with Gasteiger partial charge in [-0.2, -0.15) is 0 Å². The SMILES string of the molecule is CNCC(CCOCCC(C)C)c1ccccc1. The van der Waals surface area contributed by atoms with Gasteiger partial charge in [-0.15, -0.1) is 0 Å². The van der Waals surface area contributed by atoms with Gasteiger partial charge >= 0.3 is 0 Å². The minimum atomic E-state index is 0.551. The molecule has 0 bridgehead atoms. The summed E-state index contributed by atoms with van der Waals surface area (Å²) in [6, 6.07) is 10.7. The van der Waals surface area contributed by atoms with Crippen molar-refractivity contribution < 1.29 is 4.74 Å². The van der Waals surface area contributed by atoms with E-state index in [1.54, 1.807) is 0 Å². The molecule has 102 valence electrons. The molecule has 0 radical (unpaired) electrons. The molecule has 1 unspecified atom stereocenters. The van der Waals surface area contributed by atoms with Gasteiger partial charge in [-0.05, 0) is 37.3 Å². The van der Waals surface area contributed by atoms with Gasteiger partial charge in [0.05, 0.1) is 0 Å². The molecule has 1 aromatic carbocycles. The van der Waals surface area contributed by atoms with E-state index in [0.717, 1.165) is 38.5 Å². The quantitative estimate of drug-likeness (QED) is 0.677. The van der Waals surface area contributed by atoms with E-state index in [-0.39, 0.29) is 0 Å². The lowest BCUT2D eigenvalue weighted by atomic mass is 9.96. The molecule has 0 aliphatic carbocycles. The summed E-state index contributed by atoms with van der Waals surface area (Å²) in [4.78, 5) is 0. The highest BCUT2D eigenvalue weighted by Gasteiger charge is 2.09. The largest absolute Gasteiger partial charge is 0.381 e. The van der Waals surface area contributed by atoms with Crippen molar-refractivity contribution in [2.75, 3.05) is 26.8 Å². The minimum absolute atomic E-state index is 0.551. The van der Waals surface area contributed by atoms with Gasteiger partial charge in [-0.3, -0.25) is 0 Å². The average Bonchev–Trinajstić information content (AvgIpc) is 2.38. The smallest absolute Gasteiger partial charge is 0.0472 e. The minimum Gasteiger partial charge on any atom is -0.381 e. The molecule has 0 saturated heterocycles. The predicted molar refractivity (Wildman–Crippen MR) is 78.0 cm³/mol. The molecular formula is C16H27NO. The van der Waals surface area contributed by atoms with Gasteiger partial charge in [0, 0.05) is 19.8 Å². The molecule has 1 aromatic rings. The topological polar surface area (TPSA) is 21.3 Å². The van der Waals surface area contributed by atoms with Crippen LogP contribution in [0, 0.1) is 5.92 Å². The summed E-state index contributed by atoms with van der Waals surface area (Å²) in [5.74, 6) is 1.28. The molecule has 0 heterocycles. The van der Waals surface area contributed by atoms with Gasteiger partial charge in [0.1, 0.15) is 0 Å². The highest BCUT2D eigenvalue weighted by Crippen LogP contribution is 2.18. The fourth-order valence-electron chi connectivity index (χ4n) is 2.00. The van der Waals surface area contributed by atoms with Crippen LogP contribution in [-0.4, -0.2) is 26.8 Å². The van der Waals surface area contributed by atoms with Crippen LogP contribution in [0.25, 0.3) is 0 Å². The first-order valence-electron chi connectivity index (χ1n) is 7.01. The third-order valence-electron chi connectivity index (χ3n) is 3.17. The molecule has 0 saturated carbocycles. The molecular weight excluding hydrogens is 222 g/mol. The van der Waals surface area contributed by atoms with Crippen molar-refractivity contribution in [3.63, 3.8) is 0 Å². The van der Waals surface area contributed by atoms with Gasteiger partial charge in [-0.1, -0.05) is 44.2 Å². The Balaban J connectivity index is 2.31. The lowest BCUT2D eigenvalue weighted by Gasteiger charge is -2.17. The van der Waals surface area contributed by atoms with Crippen LogP contribution < -0.4 is 5.32 Å². The number of rotatable bonds is 9. The van der Waals surface area contributed by atoms with Crippen LogP contribution in [0.15, 0.2) is 30.3 Å². The van der Waals surface area contributed by atoms with E-state index in [1.807, 2.05) is 7.05 Å². The van der Waals surface area contributed by atoms with E-state index in [0.29, 0.717) is 5.92 Å². The maximum absolute atomic E-state index is 5.71. The monoisotopic (exact) mass is 249 g/mol. The van der Waals surface area contributed by atoms with Crippen LogP contribution in [0.1, 0.15) is 38.2 Å². The number of benzene rings is 1. The number of ether oxygens (including phenoxy) is 1. The summed E-state index contributed by atoms with van der Waals surface area (Å²) in [6.45, 7) is 7.22. The van der Waals surface area contributed by atoms with Crippen molar-refractivity contribution in [3.8, 4) is 0 Å². The van der Waals surface area contributed by atoms with E-state index >= 15 is 0 Å². The predicted octanol–water partition coefficient (Wildman–Crippen LogP) is 3.44. The molecule has 18 heavy (non-hydrogen) atoms. The zero-order valence-electron chi connectivity index (χ0n) is 12.0. The van der Waals surface area contributed by atoms with Crippen molar-refractivity contribution >= 4 is 0 Å². The Kier molecular flexibility index (Phi) is 7.70. The lowest BCUT2D eigenvalue weighted by molar-refractivity contribution is 0.117. The van der Waals surface area contributed by atoms with E-state index in [9.17, 15) is 0 Å². The molecule has 1 N–H and O–H groups in total. The summed E-state index contributed by atoms with van der Waals surface area (Å²) in [5.41, 5.74) is 1.40. The summed E-state index contributed by atoms with van der Waals surface area (Å²) >= 11 is 0. The third kappa shape index (κ3) is 6.18. The van der Waals surface area contributed by atoms with Crippen molar-refractivity contribution in [2.45, 2.75) is 32.6 Å². The first-order valence-corrected chi connectivity index (χ1v) is 7.01. The fraction of sp³-hybridized carbons (Fsp3) is 0.625. The molecule has 2 nitrogen and oxygen atoms in total. The molecule has 0 aliphatic heterocycles. The lowest BCUT2D eigenvalue weighted by Crippen LogP contribution is -2.19. The summed E-state index contributed by atoms with van der Waals surface area (Å²) < 4.78 is 5.71. The first kappa shape index (κ1) is 15.2. The van der Waals surface area contributed by atoms with Crippen LogP contribution in [0.4, 0.5) is 0 Å². The van der Waals surface area contributed by atoms with Gasteiger partial charge in [0.15, 0.2) is 0 Å². The fourth-order valence-corrected chi connectivity index (χ4v) is 2.00. The van der Waals surface area contributed by atoms with E-state index in [4.69, 9.17) is 4.74 Å². The molecule has 0 aromatic heterocycles. The van der Waals surface area contributed by atoms with Crippen molar-refractivity contribution in [2.24, 2.45) is 5.92 Å². The van der Waals surface area contributed by atoms with Gasteiger partial charge < -0.3 is 10.1 Å². The maximum Gasteiger partial charge on any atom is 0.0472 e. The van der Waals surface area contributed by atoms with E-state index in [2.05, 4.69) is 49.5 Å². The van der Waals surface area contributed by atoms with Crippen LogP contribution in [0.3, 0.4) is 0 Å². The zero-order valence-corrected chi connectivity index (χ0v) is 12.0. The molecule has 0 aliphatic rings. The zero-order chi connectivity index (χ0) is 13.2. The van der Waals surface area contributed by atoms with Crippen LogP contribution in [-0.2, 0) is 4.74 Å². The molecule has 0 fully saturated rings. The molecule has 0 amide bonds. The van der Waals surface area contributed by atoms with Crippen LogP contribution >= 0.6 is 0 Å². The number of nitrogens with one attached hydrogen (secondary N) is 1. The van der Waals surface area contributed by atoms with Gasteiger partial charge in [0.2, 0.25) is 0 Å². The Hall–Kier alpha value is -0.860. The summed E-state index contributed by atoms with van der Waals surface area (Å²) in [6.07, 6.45) is 2.24. The first-order chi connectivity index (χ1) is 8.74. The summed E-state index contributed by atoms with van der Waals surface area (Å²) in [5, 5.41) is 3.27. The Morgan fingerprint density at radius 3 is 2.33 bits per heavy atom. The van der Waals surface area contributed by atoms with Gasteiger partial charge in [0.25, 0.3) is 0 Å². The highest BCUT2D eigenvalue weighted by atomic mass is 16.5. The Morgan fingerprint density at radius 1 is 1.06 bits per heavy atom. The Morgan fingerprint density at radius 2 is 1.72 bits per heavy atom. The van der Waals surface area contributed by atoms with E-state index in [1.165, 1.54) is 5.56 Å². The number of hydrogen-bond donors (Lipinski definition) is 1. The van der Waals surface area contributed by atoms with Gasteiger partial charge in [-0.25, -0.2) is 0 Å². The molecule has 2 heteroatoms. The highest BCUT2D eigenvalue weighted by molar-refractivity contribution is 5.19. The molecule has 0 spiro atoms. The molecule has 1 rings (SSSR count). The standard InChI is InChI=1S/C16H27NO/c1-14(2)9-11-18-12-10-16(13-17-3)15-7-5-4-6-8-15/h4-8,14,16-17H,9-13H2,1-3H3. The Labute approximate surface area is 112 Å². The average molecular weight is 249 g/mol.